The molecule has 2 rings (SSSR count). The van der Waals surface area contributed by atoms with Gasteiger partial charge in [0.05, 0.1) is 26.0 Å². The molecule has 0 aliphatic heterocycles. The van der Waals surface area contributed by atoms with E-state index in [2.05, 4.69) is 11.9 Å². The Kier molecular flexibility index (Phi) is 7.81. The van der Waals surface area contributed by atoms with Gasteiger partial charge in [0.25, 0.3) is 0 Å². The van der Waals surface area contributed by atoms with E-state index in [1.165, 1.54) is 0 Å². The highest BCUT2D eigenvalue weighted by Gasteiger charge is 1.97. The second-order valence-electron chi connectivity index (χ2n) is 5.27. The van der Waals surface area contributed by atoms with Crippen LogP contribution >= 0.6 is 0 Å². The van der Waals surface area contributed by atoms with Crippen LogP contribution in [0.1, 0.15) is 32.6 Å². The van der Waals surface area contributed by atoms with Gasteiger partial charge >= 0.3 is 0 Å². The average Bonchev–Trinajstić information content (AvgIpc) is 2.61. The number of rotatable bonds is 11. The molecule has 0 bridgehead atoms. The Morgan fingerprint density at radius 3 is 1.91 bits per heavy atom. The lowest BCUT2D eigenvalue weighted by Gasteiger charge is -2.08. The van der Waals surface area contributed by atoms with Crippen molar-refractivity contribution in [3.63, 3.8) is 0 Å². The number of nitrogens with zero attached hydrogens (tertiary/aromatic N) is 1. The first kappa shape index (κ1) is 17.1. The molecule has 1 heterocycles. The molecule has 2 aromatic rings. The fraction of sp³-hybridized carbons (Fsp3) is 0.421. The number of ether oxygens (including phenoxy) is 3. The number of benzene rings is 1. The monoisotopic (exact) mass is 315 g/mol. The first-order chi connectivity index (χ1) is 11.4. The molecule has 124 valence electrons. The third kappa shape index (κ3) is 7.04. The predicted molar refractivity (Wildman–Crippen MR) is 91.3 cm³/mol. The summed E-state index contributed by atoms with van der Waals surface area (Å²) in [6.45, 7) is 4.29. The number of pyridine rings is 1. The molecule has 23 heavy (non-hydrogen) atoms. The minimum Gasteiger partial charge on any atom is -0.494 e. The molecule has 1 aromatic carbocycles. The summed E-state index contributed by atoms with van der Waals surface area (Å²) >= 11 is 0. The minimum absolute atomic E-state index is 0.717. The van der Waals surface area contributed by atoms with Crippen molar-refractivity contribution >= 4 is 0 Å². The second kappa shape index (κ2) is 10.5. The molecule has 0 N–H and O–H groups in total. The van der Waals surface area contributed by atoms with Gasteiger partial charge in [-0.25, -0.2) is 0 Å². The second-order valence-corrected chi connectivity index (χ2v) is 5.27. The molecule has 1 aromatic heterocycles. The summed E-state index contributed by atoms with van der Waals surface area (Å²) in [5.41, 5.74) is 0. The van der Waals surface area contributed by atoms with E-state index in [1.54, 1.807) is 12.4 Å². The van der Waals surface area contributed by atoms with Crippen molar-refractivity contribution in [1.82, 2.24) is 4.98 Å². The van der Waals surface area contributed by atoms with Gasteiger partial charge in [0.2, 0.25) is 0 Å². The van der Waals surface area contributed by atoms with E-state index in [4.69, 9.17) is 14.2 Å². The summed E-state index contributed by atoms with van der Waals surface area (Å²) in [5.74, 6) is 2.61. The molecular formula is C19H25NO3. The van der Waals surface area contributed by atoms with Gasteiger partial charge in [-0.1, -0.05) is 6.92 Å². The van der Waals surface area contributed by atoms with Crippen LogP contribution in [0, 0.1) is 0 Å². The van der Waals surface area contributed by atoms with E-state index in [0.29, 0.717) is 0 Å². The van der Waals surface area contributed by atoms with E-state index in [0.717, 1.165) is 62.8 Å². The van der Waals surface area contributed by atoms with Crippen molar-refractivity contribution < 1.29 is 14.2 Å². The van der Waals surface area contributed by atoms with Crippen molar-refractivity contribution in [2.45, 2.75) is 32.6 Å². The zero-order valence-electron chi connectivity index (χ0n) is 13.7. The normalized spacial score (nSPS) is 10.3. The van der Waals surface area contributed by atoms with Crippen molar-refractivity contribution in [2.75, 3.05) is 19.8 Å². The first-order valence-corrected chi connectivity index (χ1v) is 8.27. The Labute approximate surface area is 138 Å². The van der Waals surface area contributed by atoms with Crippen molar-refractivity contribution in [2.24, 2.45) is 0 Å². The highest BCUT2D eigenvalue weighted by molar-refractivity contribution is 5.31. The molecule has 0 spiro atoms. The van der Waals surface area contributed by atoms with E-state index < -0.39 is 0 Å². The summed E-state index contributed by atoms with van der Waals surface area (Å²) in [4.78, 5) is 4.02. The van der Waals surface area contributed by atoms with Gasteiger partial charge < -0.3 is 14.2 Å². The summed E-state index contributed by atoms with van der Waals surface area (Å²) in [7, 11) is 0. The molecular weight excluding hydrogens is 290 g/mol. The lowest BCUT2D eigenvalue weighted by atomic mass is 10.2. The topological polar surface area (TPSA) is 40.6 Å². The van der Waals surface area contributed by atoms with Crippen molar-refractivity contribution in [1.29, 1.82) is 0 Å². The predicted octanol–water partition coefficient (Wildman–Crippen LogP) is 4.50. The quantitative estimate of drug-likeness (QED) is 0.573. The maximum atomic E-state index is 5.72. The highest BCUT2D eigenvalue weighted by Crippen LogP contribution is 2.18. The van der Waals surface area contributed by atoms with Crippen molar-refractivity contribution in [3.8, 4) is 17.2 Å². The van der Waals surface area contributed by atoms with Crippen LogP contribution in [-0.2, 0) is 0 Å². The largest absolute Gasteiger partial charge is 0.494 e. The average molecular weight is 315 g/mol. The van der Waals surface area contributed by atoms with Crippen LogP contribution in [0.2, 0.25) is 0 Å². The fourth-order valence-electron chi connectivity index (χ4n) is 2.05. The van der Waals surface area contributed by atoms with Gasteiger partial charge in [-0.05, 0) is 62.1 Å². The lowest BCUT2D eigenvalue weighted by molar-refractivity contribution is 0.278. The Balaban J connectivity index is 1.51. The summed E-state index contributed by atoms with van der Waals surface area (Å²) in [6.07, 6.45) is 7.61. The molecule has 0 unspecified atom stereocenters. The molecule has 0 saturated heterocycles. The van der Waals surface area contributed by atoms with Crippen LogP contribution in [-0.4, -0.2) is 24.8 Å². The van der Waals surface area contributed by atoms with Crippen LogP contribution in [0.4, 0.5) is 0 Å². The Morgan fingerprint density at radius 2 is 1.35 bits per heavy atom. The van der Waals surface area contributed by atoms with E-state index >= 15 is 0 Å². The van der Waals surface area contributed by atoms with E-state index in [9.17, 15) is 0 Å². The van der Waals surface area contributed by atoms with Gasteiger partial charge in [-0.3, -0.25) is 4.98 Å². The van der Waals surface area contributed by atoms with E-state index in [1.807, 2.05) is 36.4 Å². The van der Waals surface area contributed by atoms with Gasteiger partial charge in [0, 0.05) is 6.20 Å². The standard InChI is InChI=1S/C19H25NO3/c1-2-13-21-17-8-10-18(11-9-17)22-14-4-3-5-15-23-19-7-6-12-20-16-19/h6-12,16H,2-5,13-15H2,1H3. The number of aromatic nitrogens is 1. The van der Waals surface area contributed by atoms with Crippen LogP contribution in [0.25, 0.3) is 0 Å². The highest BCUT2D eigenvalue weighted by atomic mass is 16.5. The van der Waals surface area contributed by atoms with E-state index in [-0.39, 0.29) is 0 Å². The van der Waals surface area contributed by atoms with Crippen LogP contribution in [0.5, 0.6) is 17.2 Å². The molecule has 0 aliphatic rings. The molecule has 0 saturated carbocycles. The Hall–Kier alpha value is -2.23. The molecule has 4 nitrogen and oxygen atoms in total. The van der Waals surface area contributed by atoms with Gasteiger partial charge in [0.15, 0.2) is 0 Å². The molecule has 0 amide bonds. The molecule has 0 atom stereocenters. The summed E-state index contributed by atoms with van der Waals surface area (Å²) in [5, 5.41) is 0. The third-order valence-electron chi connectivity index (χ3n) is 3.26. The zero-order chi connectivity index (χ0) is 16.2. The number of hydrogen-bond donors (Lipinski definition) is 0. The van der Waals surface area contributed by atoms with Crippen LogP contribution < -0.4 is 14.2 Å². The van der Waals surface area contributed by atoms with Gasteiger partial charge in [-0.2, -0.15) is 0 Å². The fourth-order valence-corrected chi connectivity index (χ4v) is 2.05. The third-order valence-corrected chi connectivity index (χ3v) is 3.26. The Bertz CT molecular complexity index is 528. The van der Waals surface area contributed by atoms with Crippen LogP contribution in [0.15, 0.2) is 48.8 Å². The van der Waals surface area contributed by atoms with Crippen LogP contribution in [0.3, 0.4) is 0 Å². The number of unbranched alkanes of at least 4 members (excludes halogenated alkanes) is 2. The SMILES string of the molecule is CCCOc1ccc(OCCCCCOc2cccnc2)cc1. The first-order valence-electron chi connectivity index (χ1n) is 8.27. The number of hydrogen-bond acceptors (Lipinski definition) is 4. The minimum atomic E-state index is 0.717. The lowest BCUT2D eigenvalue weighted by Crippen LogP contribution is -2.01. The summed E-state index contributed by atoms with van der Waals surface area (Å²) in [6, 6.07) is 11.6. The van der Waals surface area contributed by atoms with Crippen molar-refractivity contribution in [3.05, 3.63) is 48.8 Å². The smallest absolute Gasteiger partial charge is 0.137 e. The maximum Gasteiger partial charge on any atom is 0.137 e. The Morgan fingerprint density at radius 1 is 0.739 bits per heavy atom. The maximum absolute atomic E-state index is 5.72. The molecule has 0 fully saturated rings. The molecule has 0 aliphatic carbocycles. The molecule has 0 radical (unpaired) electrons. The zero-order valence-corrected chi connectivity index (χ0v) is 13.7. The van der Waals surface area contributed by atoms with Gasteiger partial charge in [0.1, 0.15) is 17.2 Å². The van der Waals surface area contributed by atoms with Gasteiger partial charge in [-0.15, -0.1) is 0 Å². The summed E-state index contributed by atoms with van der Waals surface area (Å²) < 4.78 is 16.9. The molecule has 4 heteroatoms.